The number of alkyl halides is 4. The van der Waals surface area contributed by atoms with Gasteiger partial charge in [-0.25, -0.2) is 67.4 Å². The fourth-order valence-corrected chi connectivity index (χ4v) is 22.3. The Morgan fingerprint density at radius 3 is 1.05 bits per heavy atom. The van der Waals surface area contributed by atoms with Gasteiger partial charge >= 0.3 is 0 Å². The number of hydrogen-bond donors (Lipinski definition) is 4. The fraction of sp³-hybridized carbons (Fsp3) is 0.495. The Morgan fingerprint density at radius 1 is 0.377 bits per heavy atom. The van der Waals surface area contributed by atoms with Crippen molar-refractivity contribution in [2.24, 2.45) is 0 Å². The number of aromatic nitrogens is 10. The van der Waals surface area contributed by atoms with Crippen LogP contribution in [-0.2, 0) is 22.7 Å². The molecule has 31 heteroatoms. The molecule has 0 spiro atoms. The minimum absolute atomic E-state index is 0.0469. The first kappa shape index (κ1) is 94.5. The first-order chi connectivity index (χ1) is 66.9. The number of benzene rings is 6. The molecular formula is C107H124Cl2F4N18O7. The average Bonchev–Trinajstić information content (AvgIpc) is 1.57. The largest absolute Gasteiger partial charge is 0.496 e. The monoisotopic (exact) mass is 1920 g/mol. The molecule has 3 atom stereocenters. The van der Waals surface area contributed by atoms with Crippen LogP contribution in [0.4, 0.5) is 63.8 Å². The predicted octanol–water partition coefficient (Wildman–Crippen LogP) is 19.2. The lowest BCUT2D eigenvalue weighted by atomic mass is 9.81. The summed E-state index contributed by atoms with van der Waals surface area (Å²) in [4.78, 5) is 64.3. The van der Waals surface area contributed by atoms with Gasteiger partial charge in [0.1, 0.15) is 52.2 Å². The highest BCUT2D eigenvalue weighted by molar-refractivity contribution is 6.36. The Morgan fingerprint density at radius 2 is 0.703 bits per heavy atom. The van der Waals surface area contributed by atoms with Crippen LogP contribution in [0.1, 0.15) is 210 Å². The lowest BCUT2D eigenvalue weighted by molar-refractivity contribution is 0.0510. The lowest BCUT2D eigenvalue weighted by Gasteiger charge is -2.36. The molecule has 7 saturated heterocycles. The molecule has 13 heterocycles. The molecule has 6 aromatic carbocycles. The molecule has 0 bridgehead atoms. The Balaban J connectivity index is 0.000000113. The van der Waals surface area contributed by atoms with Gasteiger partial charge in [0.05, 0.1) is 90.8 Å². The summed E-state index contributed by atoms with van der Waals surface area (Å²) in [6.07, 6.45) is 18.0. The van der Waals surface area contributed by atoms with E-state index in [4.69, 9.17) is 57.3 Å². The number of nitrogens with zero attached hydrogens (tertiary/aromatic N) is 18. The van der Waals surface area contributed by atoms with Crippen molar-refractivity contribution in [3.63, 3.8) is 0 Å². The average molecular weight is 1920 g/mol. The van der Waals surface area contributed by atoms with Crippen LogP contribution in [0.3, 0.4) is 0 Å². The number of likely N-dealkylation sites (N-methyl/N-ethyl adjacent to an activating group) is 1. The molecule has 12 aromatic rings. The number of hydrogen-bond acceptors (Lipinski definition) is 25. The molecule has 0 amide bonds. The maximum Gasteiger partial charge on any atom is 0.170 e. The highest BCUT2D eigenvalue weighted by Crippen LogP contribution is 2.54. The number of aliphatic hydroxyl groups is 4. The molecule has 138 heavy (non-hydrogen) atoms. The number of aliphatic hydroxyl groups excluding tert-OH is 4. The summed E-state index contributed by atoms with van der Waals surface area (Å²) in [5, 5.41) is 43.9. The minimum atomic E-state index is -1.44. The Bertz CT molecular complexity index is 6220. The summed E-state index contributed by atoms with van der Waals surface area (Å²) in [7, 11) is 7.08. The second-order valence-corrected chi connectivity index (χ2v) is 40.6. The Labute approximate surface area is 813 Å². The van der Waals surface area contributed by atoms with Gasteiger partial charge in [0.2, 0.25) is 0 Å². The highest BCUT2D eigenvalue weighted by atomic mass is 35.5. The zero-order chi connectivity index (χ0) is 95.3. The molecule has 11 fully saturated rings. The summed E-state index contributed by atoms with van der Waals surface area (Å²) >= 11 is 13.4. The smallest absolute Gasteiger partial charge is 0.170 e. The first-order valence-electron chi connectivity index (χ1n) is 49.6. The number of halogens is 6. The van der Waals surface area contributed by atoms with Crippen molar-refractivity contribution in [3.05, 3.63) is 207 Å². The van der Waals surface area contributed by atoms with Crippen LogP contribution in [-0.4, -0.2) is 222 Å². The number of anilines is 8. The van der Waals surface area contributed by atoms with Crippen LogP contribution in [0.15, 0.2) is 146 Å². The summed E-state index contributed by atoms with van der Waals surface area (Å²) < 4.78 is 77.9. The number of fused-ring (bicyclic) bond motifs is 4. The number of β-amino-alcohol motifs (C(OH)–C–C–N with tert-alkyl or cyclic N) is 3. The van der Waals surface area contributed by atoms with E-state index in [2.05, 4.69) is 138 Å². The van der Waals surface area contributed by atoms with Gasteiger partial charge in [0.15, 0.2) is 46.0 Å². The SMILES string of the molecule is COc1ccccc1C1CCN(c2nc(C3(F)CC3)nc3c(Cl)cc(N4CC[C@@H](O)C4)cc23)CC1.COc1ccccc1C1CCN(c2nc(C3(F)CCC3)nc3cnc(N4CC[C@@H](O)C4)cc23)CC1.COc1ccccc1C1CCN(c2nc(C3(F)CCC3)nc3cnc(N4CC[C@H](O)C4)cc23)CC1.Cc1ccccc1C1CCN(c2nc(C3(F)CC3)nc3c(Cl)cc(N(C)CCO)cc23)CC1. The molecule has 0 radical (unpaired) electrons. The standard InChI is InChI=1S/C27H30ClFN4O2.2C27H32FN5O2.C26H30ClFN4O/c1-35-23-5-3-2-4-20(23)17-6-11-32(12-7-17)25-21-14-18(33-13-8-19(34)16-33)15-22(28)24(21)30-26(31-25)27(29)9-10-27;2*1-35-23-6-3-2-5-20(23)18-7-12-32(13-8-18)25-21-15-24(33-14-9-19(34)17-33)29-16-22(21)30-26(31-25)27(28)10-4-11-27;1-17-5-3-4-6-20(17)18-7-11-32(12-8-18)24-21-15-19(31(2)13-14-33)16-22(27)23(21)29-25(30-24)26(28)9-10-26/h2-5,14-15,17,19,34H,6-13,16H2,1H3;2*2-3,5-6,15-16,18-19,34H,4,7-14,17H2,1H3;3-6,15-16,18,33H,7-14H2,1-2H3/t3*19-;/m110./s1. The fourth-order valence-electron chi connectivity index (χ4n) is 21.8. The van der Waals surface area contributed by atoms with Gasteiger partial charge in [0, 0.05) is 138 Å². The zero-order valence-corrected chi connectivity index (χ0v) is 80.9. The molecule has 11 aliphatic rings. The van der Waals surface area contributed by atoms with Gasteiger partial charge in [0.25, 0.3) is 0 Å². The van der Waals surface area contributed by atoms with E-state index in [1.165, 1.54) is 27.8 Å². The summed E-state index contributed by atoms with van der Waals surface area (Å²) in [5.41, 5.74) is 5.15. The van der Waals surface area contributed by atoms with E-state index in [1.54, 1.807) is 33.7 Å². The van der Waals surface area contributed by atoms with Crippen LogP contribution in [0.5, 0.6) is 17.2 Å². The summed E-state index contributed by atoms with van der Waals surface area (Å²) in [5.74, 6) is 10.4. The summed E-state index contributed by atoms with van der Waals surface area (Å²) in [6.45, 7) is 13.4. The van der Waals surface area contributed by atoms with Crippen molar-refractivity contribution in [2.45, 2.75) is 206 Å². The van der Waals surface area contributed by atoms with Crippen molar-refractivity contribution in [2.75, 3.05) is 172 Å². The second kappa shape index (κ2) is 39.9. The molecule has 4 saturated carbocycles. The molecule has 4 N–H and O–H groups in total. The first-order valence-corrected chi connectivity index (χ1v) is 50.4. The van der Waals surface area contributed by atoms with E-state index in [0.29, 0.717) is 145 Å². The van der Waals surface area contributed by atoms with Crippen molar-refractivity contribution in [1.82, 2.24) is 49.8 Å². The molecule has 7 aliphatic heterocycles. The van der Waals surface area contributed by atoms with Crippen LogP contribution < -0.4 is 53.4 Å². The van der Waals surface area contributed by atoms with Crippen molar-refractivity contribution >= 4 is 113 Å². The topological polar surface area (TPSA) is 263 Å². The minimum Gasteiger partial charge on any atom is -0.496 e. The van der Waals surface area contributed by atoms with Crippen LogP contribution in [0.2, 0.25) is 10.0 Å². The molecule has 25 nitrogen and oxygen atoms in total. The van der Waals surface area contributed by atoms with E-state index >= 15 is 17.6 Å². The normalized spacial score (nSPS) is 21.3. The molecule has 6 aromatic heterocycles. The third-order valence-electron chi connectivity index (χ3n) is 30.7. The quantitative estimate of drug-likeness (QED) is 0.0487. The maximum atomic E-state index is 15.4. The van der Waals surface area contributed by atoms with Gasteiger partial charge in [-0.2, -0.15) is 0 Å². The van der Waals surface area contributed by atoms with E-state index in [-0.39, 0.29) is 36.6 Å². The molecule has 23 rings (SSSR count). The Kier molecular flexibility index (Phi) is 27.3. The second-order valence-electron chi connectivity index (χ2n) is 39.8. The van der Waals surface area contributed by atoms with Crippen molar-refractivity contribution in [3.8, 4) is 17.2 Å². The number of ether oxygens (including phenoxy) is 3. The van der Waals surface area contributed by atoms with Gasteiger partial charge in [-0.05, 0) is 248 Å². The van der Waals surface area contributed by atoms with Crippen LogP contribution >= 0.6 is 23.2 Å². The summed E-state index contributed by atoms with van der Waals surface area (Å²) in [6, 6.07) is 45.2. The van der Waals surface area contributed by atoms with E-state index in [0.717, 1.165) is 241 Å². The Hall–Kier alpha value is -11.1. The molecule has 4 aliphatic carbocycles. The van der Waals surface area contributed by atoms with Crippen LogP contribution in [0.25, 0.3) is 43.6 Å². The maximum absolute atomic E-state index is 15.4. The lowest BCUT2D eigenvalue weighted by Crippen LogP contribution is -2.36. The van der Waals surface area contributed by atoms with E-state index in [9.17, 15) is 20.4 Å². The van der Waals surface area contributed by atoms with Crippen molar-refractivity contribution < 1.29 is 52.2 Å². The van der Waals surface area contributed by atoms with Gasteiger partial charge in [-0.15, -0.1) is 0 Å². The number of pyridine rings is 2. The van der Waals surface area contributed by atoms with Gasteiger partial charge in [-0.3, -0.25) is 0 Å². The van der Waals surface area contributed by atoms with Gasteiger partial charge in [-0.1, -0.05) is 102 Å². The number of methoxy groups -OCH3 is 3. The number of aryl methyl sites for hydroxylation is 1. The van der Waals surface area contributed by atoms with Crippen LogP contribution in [0, 0.1) is 6.92 Å². The third-order valence-corrected chi connectivity index (χ3v) is 31.3. The highest BCUT2D eigenvalue weighted by Gasteiger charge is 2.51. The van der Waals surface area contributed by atoms with E-state index in [1.807, 2.05) is 78.7 Å². The number of piperidine rings is 4. The zero-order valence-electron chi connectivity index (χ0n) is 79.4. The number of rotatable bonds is 21. The van der Waals surface area contributed by atoms with E-state index < -0.39 is 22.7 Å². The molecule has 0 unspecified atom stereocenters. The molecule has 726 valence electrons. The van der Waals surface area contributed by atoms with Crippen molar-refractivity contribution in [1.29, 1.82) is 0 Å². The van der Waals surface area contributed by atoms with Gasteiger partial charge < -0.3 is 73.8 Å². The molecular weight excluding hydrogens is 1800 g/mol. The third kappa shape index (κ3) is 19.6. The predicted molar refractivity (Wildman–Crippen MR) is 537 cm³/mol. The number of para-hydroxylation sites is 3.